The summed E-state index contributed by atoms with van der Waals surface area (Å²) in [5.41, 5.74) is 1.54. The molecule has 2 amide bonds. The number of rotatable bonds is 6. The van der Waals surface area contributed by atoms with Crippen LogP contribution in [0, 0.1) is 19.8 Å². The van der Waals surface area contributed by atoms with Crippen molar-refractivity contribution >= 4 is 12.0 Å². The number of carbonyl (C=O) groups excluding carboxylic acids is 2. The molecule has 7 nitrogen and oxygen atoms in total. The summed E-state index contributed by atoms with van der Waals surface area (Å²) in [5.74, 6) is 0.437. The fraction of sp³-hybridized carbons (Fsp3) is 0.773. The van der Waals surface area contributed by atoms with Crippen LogP contribution in [0.1, 0.15) is 65.3 Å². The highest BCUT2D eigenvalue weighted by atomic mass is 16.6. The zero-order valence-corrected chi connectivity index (χ0v) is 19.2. The maximum atomic E-state index is 12.8. The van der Waals surface area contributed by atoms with Crippen LogP contribution < -0.4 is 0 Å². The van der Waals surface area contributed by atoms with Crippen molar-refractivity contribution in [3.05, 3.63) is 17.5 Å². The van der Waals surface area contributed by atoms with E-state index in [1.165, 1.54) is 0 Å². The van der Waals surface area contributed by atoms with Crippen LogP contribution >= 0.6 is 0 Å². The zero-order chi connectivity index (χ0) is 21.8. The first kappa shape index (κ1) is 23.2. The van der Waals surface area contributed by atoms with E-state index >= 15 is 0 Å². The molecule has 1 unspecified atom stereocenters. The molecule has 1 fully saturated rings. The third-order valence-corrected chi connectivity index (χ3v) is 5.22. The third-order valence-electron chi connectivity index (χ3n) is 5.22. The normalized spacial score (nSPS) is 17.5. The molecule has 1 aliphatic heterocycles. The van der Waals surface area contributed by atoms with Gasteiger partial charge in [0.05, 0.1) is 5.69 Å². The number of piperidine rings is 1. The largest absolute Gasteiger partial charge is 0.444 e. The lowest BCUT2D eigenvalue weighted by atomic mass is 9.96. The first-order valence-electron chi connectivity index (χ1n) is 10.7. The lowest BCUT2D eigenvalue weighted by molar-refractivity contribution is -0.133. The van der Waals surface area contributed by atoms with Crippen molar-refractivity contribution in [3.8, 4) is 0 Å². The van der Waals surface area contributed by atoms with Crippen LogP contribution in [-0.2, 0) is 16.1 Å². The topological polar surface area (TPSA) is 67.7 Å². The summed E-state index contributed by atoms with van der Waals surface area (Å²) >= 11 is 0. The number of amides is 2. The Morgan fingerprint density at radius 1 is 1.31 bits per heavy atom. The van der Waals surface area contributed by atoms with Crippen molar-refractivity contribution in [1.82, 2.24) is 19.6 Å². The molecule has 7 heteroatoms. The minimum Gasteiger partial charge on any atom is -0.444 e. The maximum absolute atomic E-state index is 12.8. The molecule has 0 spiro atoms. The van der Waals surface area contributed by atoms with E-state index in [-0.39, 0.29) is 24.0 Å². The van der Waals surface area contributed by atoms with E-state index in [1.54, 1.807) is 4.90 Å². The van der Waals surface area contributed by atoms with E-state index in [0.29, 0.717) is 26.1 Å². The molecule has 2 rings (SSSR count). The summed E-state index contributed by atoms with van der Waals surface area (Å²) in [6, 6.07) is 2.08. The Balaban J connectivity index is 1.91. The van der Waals surface area contributed by atoms with Crippen molar-refractivity contribution in [2.24, 2.45) is 5.92 Å². The van der Waals surface area contributed by atoms with Crippen LogP contribution in [0.5, 0.6) is 0 Å². The van der Waals surface area contributed by atoms with Gasteiger partial charge < -0.3 is 14.5 Å². The third kappa shape index (κ3) is 7.05. The number of nitrogens with zero attached hydrogens (tertiary/aromatic N) is 4. The predicted octanol–water partition coefficient (Wildman–Crippen LogP) is 3.77. The highest BCUT2D eigenvalue weighted by molar-refractivity contribution is 5.76. The van der Waals surface area contributed by atoms with E-state index in [0.717, 1.165) is 30.8 Å². The van der Waals surface area contributed by atoms with Gasteiger partial charge in [-0.1, -0.05) is 0 Å². The second kappa shape index (κ2) is 9.63. The number of hydrogen-bond donors (Lipinski definition) is 0. The minimum atomic E-state index is -0.512. The van der Waals surface area contributed by atoms with Crippen LogP contribution in [0.4, 0.5) is 4.79 Å². The van der Waals surface area contributed by atoms with Crippen molar-refractivity contribution in [2.45, 2.75) is 85.9 Å². The molecule has 1 atom stereocenters. The van der Waals surface area contributed by atoms with Gasteiger partial charge in [0, 0.05) is 44.3 Å². The first-order chi connectivity index (χ1) is 13.5. The van der Waals surface area contributed by atoms with Gasteiger partial charge in [0.15, 0.2) is 0 Å². The standard InChI is InChI=1S/C22H38N4O3/c1-16(2)25(21(28)29-22(5,6)7)15-19-9-8-11-24(14-19)20(27)10-12-26-18(4)13-17(3)23-26/h13,16,19H,8-12,14-15H2,1-7H3. The lowest BCUT2D eigenvalue weighted by Gasteiger charge is -2.37. The molecule has 2 heterocycles. The SMILES string of the molecule is Cc1cc(C)n(CCC(=O)N2CCCC(CN(C(=O)OC(C)(C)C)C(C)C)C2)n1. The molecule has 1 aromatic heterocycles. The van der Waals surface area contributed by atoms with Crippen molar-refractivity contribution in [3.63, 3.8) is 0 Å². The molecule has 29 heavy (non-hydrogen) atoms. The Bertz CT molecular complexity index is 705. The van der Waals surface area contributed by atoms with Crippen LogP contribution in [0.15, 0.2) is 6.07 Å². The van der Waals surface area contributed by atoms with Gasteiger partial charge in [0.2, 0.25) is 5.91 Å². The molecule has 0 N–H and O–H groups in total. The first-order valence-corrected chi connectivity index (χ1v) is 10.7. The van der Waals surface area contributed by atoms with Gasteiger partial charge in [0.1, 0.15) is 5.60 Å². The maximum Gasteiger partial charge on any atom is 0.410 e. The number of carbonyl (C=O) groups is 2. The van der Waals surface area contributed by atoms with Gasteiger partial charge in [-0.3, -0.25) is 9.48 Å². The van der Waals surface area contributed by atoms with Crippen LogP contribution in [-0.4, -0.2) is 62.9 Å². The fourth-order valence-corrected chi connectivity index (χ4v) is 3.80. The number of aryl methyl sites for hydroxylation is 3. The summed E-state index contributed by atoms with van der Waals surface area (Å²) < 4.78 is 7.47. The minimum absolute atomic E-state index is 0.0574. The van der Waals surface area contributed by atoms with Crippen LogP contribution in [0.25, 0.3) is 0 Å². The second-order valence-electron chi connectivity index (χ2n) is 9.47. The van der Waals surface area contributed by atoms with Gasteiger partial charge >= 0.3 is 6.09 Å². The Morgan fingerprint density at radius 2 is 2.00 bits per heavy atom. The summed E-state index contributed by atoms with van der Waals surface area (Å²) in [7, 11) is 0. The van der Waals surface area contributed by atoms with E-state index < -0.39 is 5.60 Å². The summed E-state index contributed by atoms with van der Waals surface area (Å²) in [6.07, 6.45) is 2.17. The molecule has 1 aliphatic rings. The molecule has 1 aromatic rings. The molecular weight excluding hydrogens is 368 g/mol. The number of ether oxygens (including phenoxy) is 1. The average Bonchev–Trinajstić information content (AvgIpc) is 2.93. The highest BCUT2D eigenvalue weighted by Crippen LogP contribution is 2.21. The Morgan fingerprint density at radius 3 is 2.55 bits per heavy atom. The number of aromatic nitrogens is 2. The van der Waals surface area contributed by atoms with Crippen LogP contribution in [0.2, 0.25) is 0 Å². The number of likely N-dealkylation sites (tertiary alicyclic amines) is 1. The van der Waals surface area contributed by atoms with E-state index in [2.05, 4.69) is 5.10 Å². The van der Waals surface area contributed by atoms with Gasteiger partial charge in [-0.15, -0.1) is 0 Å². The Kier molecular flexibility index (Phi) is 7.72. The van der Waals surface area contributed by atoms with Gasteiger partial charge in [0.25, 0.3) is 0 Å². The van der Waals surface area contributed by atoms with Crippen molar-refractivity contribution < 1.29 is 14.3 Å². The Hall–Kier alpha value is -2.05. The molecule has 0 saturated carbocycles. The Labute approximate surface area is 175 Å². The van der Waals surface area contributed by atoms with Crippen molar-refractivity contribution in [1.29, 1.82) is 0 Å². The predicted molar refractivity (Wildman–Crippen MR) is 114 cm³/mol. The molecule has 1 saturated heterocycles. The zero-order valence-electron chi connectivity index (χ0n) is 19.2. The summed E-state index contributed by atoms with van der Waals surface area (Å²) in [6.45, 7) is 16.3. The smallest absolute Gasteiger partial charge is 0.410 e. The quantitative estimate of drug-likeness (QED) is 0.721. The molecule has 0 aromatic carbocycles. The summed E-state index contributed by atoms with van der Waals surface area (Å²) in [4.78, 5) is 29.1. The monoisotopic (exact) mass is 406 g/mol. The molecule has 0 bridgehead atoms. The van der Waals surface area contributed by atoms with Crippen molar-refractivity contribution in [2.75, 3.05) is 19.6 Å². The van der Waals surface area contributed by atoms with E-state index in [1.807, 2.05) is 64.1 Å². The second-order valence-corrected chi connectivity index (χ2v) is 9.47. The van der Waals surface area contributed by atoms with E-state index in [4.69, 9.17) is 4.74 Å². The fourth-order valence-electron chi connectivity index (χ4n) is 3.80. The molecule has 0 radical (unpaired) electrons. The van der Waals surface area contributed by atoms with Gasteiger partial charge in [-0.25, -0.2) is 4.79 Å². The molecule has 0 aliphatic carbocycles. The highest BCUT2D eigenvalue weighted by Gasteiger charge is 2.30. The van der Waals surface area contributed by atoms with Gasteiger partial charge in [-0.05, 0) is 73.3 Å². The van der Waals surface area contributed by atoms with Crippen LogP contribution in [0.3, 0.4) is 0 Å². The average molecular weight is 407 g/mol. The van der Waals surface area contributed by atoms with Gasteiger partial charge in [-0.2, -0.15) is 5.10 Å². The number of hydrogen-bond acceptors (Lipinski definition) is 4. The lowest BCUT2D eigenvalue weighted by Crippen LogP contribution is -2.48. The van der Waals surface area contributed by atoms with E-state index in [9.17, 15) is 9.59 Å². The molecular formula is C22H38N4O3. The summed E-state index contributed by atoms with van der Waals surface area (Å²) in [5, 5.41) is 4.44. The molecule has 164 valence electrons.